The molecule has 6 heterocycles. The number of hydrogen-bond acceptors (Lipinski definition) is 10. The largest absolute Gasteiger partial charge is 0.444 e. The van der Waals surface area contributed by atoms with E-state index in [1.54, 1.807) is 17.0 Å². The Morgan fingerprint density at radius 2 is 1.20 bits per heavy atom. The van der Waals surface area contributed by atoms with Gasteiger partial charge in [-0.3, -0.25) is 4.90 Å². The number of rotatable bonds is 6. The standard InChI is InChI=1S/C16H18BrF3N2O.C13H21BrN2O3.C8H6BrF3.C8H13BrN2O/c17-15-8-14(23-21-15)12-4-2-6-22(10-12)9-11-3-1-5-13(7-11)16(18,19)20;1-13(2,3)18-12(17)16-6-4-5-9(8-16)10-7-11(14)15-19-10;9-5-6-2-1-3-7(4-6)8(10,11)12;9-8-4-7(12-11-8)6-2-1-3-10-5-6/h1,3,5,7,12,14H,2,4,6,8-10H2;9-10H,4-8H2,1-3H3;1-4H,5H2;6-7,10H,1-5H2/t12-,14-;9-,10+;;6-,7-/m00.0/s1. The zero-order valence-corrected chi connectivity index (χ0v) is 43.5. The van der Waals surface area contributed by atoms with Crippen molar-refractivity contribution in [3.8, 4) is 0 Å². The van der Waals surface area contributed by atoms with Gasteiger partial charge in [0, 0.05) is 75.1 Å². The van der Waals surface area contributed by atoms with Crippen LogP contribution in [-0.4, -0.2) is 92.9 Å². The van der Waals surface area contributed by atoms with Crippen LogP contribution in [-0.2, 0) is 43.5 Å². The minimum Gasteiger partial charge on any atom is -0.444 e. The SMILES string of the molecule is BrC1=NO[C@H]([C@H]2CCCNC2)C1.CC(C)(C)OC(=O)N1CCC[C@H]([C@H]2CC(Br)=NO2)C1.FC(F)(F)c1cccc(CBr)c1.FC(F)(F)c1cccc(CN2CCC[C@H]([C@@H]3CC(Br)=NO3)C2)c1. The minimum absolute atomic E-state index is 0.0775. The van der Waals surface area contributed by atoms with Crippen molar-refractivity contribution in [3.05, 3.63) is 70.8 Å². The normalized spacial score (nSPS) is 25.7. The molecule has 2 aromatic rings. The molecule has 0 aliphatic carbocycles. The number of nitrogens with zero attached hydrogens (tertiary/aromatic N) is 5. The molecule has 21 heteroatoms. The number of likely N-dealkylation sites (tertiary alicyclic amines) is 2. The Morgan fingerprint density at radius 3 is 1.67 bits per heavy atom. The van der Waals surface area contributed by atoms with Crippen LogP contribution in [0.25, 0.3) is 0 Å². The second kappa shape index (κ2) is 25.4. The van der Waals surface area contributed by atoms with Crippen LogP contribution < -0.4 is 5.32 Å². The summed E-state index contributed by atoms with van der Waals surface area (Å²) < 4.78 is 82.7. The molecular formula is C45H58Br4F6N6O5. The first-order valence-electron chi connectivity index (χ1n) is 22.1. The third-order valence-corrected chi connectivity index (χ3v) is 13.7. The van der Waals surface area contributed by atoms with Gasteiger partial charge in [-0.1, -0.05) is 67.8 Å². The van der Waals surface area contributed by atoms with E-state index >= 15 is 0 Å². The summed E-state index contributed by atoms with van der Waals surface area (Å²) in [6.07, 6.45) is 0.939. The van der Waals surface area contributed by atoms with Crippen molar-refractivity contribution >= 4 is 83.7 Å². The van der Waals surface area contributed by atoms with E-state index in [2.05, 4.69) is 89.4 Å². The molecule has 66 heavy (non-hydrogen) atoms. The molecule has 0 unspecified atom stereocenters. The Morgan fingerprint density at radius 1 is 0.712 bits per heavy atom. The smallest absolute Gasteiger partial charge is 0.416 e. The number of benzene rings is 2. The summed E-state index contributed by atoms with van der Waals surface area (Å²) in [5.74, 6) is 1.35. The van der Waals surface area contributed by atoms with Crippen LogP contribution in [0.3, 0.4) is 0 Å². The van der Waals surface area contributed by atoms with Gasteiger partial charge in [0.05, 0.1) is 11.1 Å². The highest BCUT2D eigenvalue weighted by Crippen LogP contribution is 2.34. The molecule has 0 radical (unpaired) electrons. The van der Waals surface area contributed by atoms with Crippen molar-refractivity contribution in [3.63, 3.8) is 0 Å². The minimum atomic E-state index is -4.29. The van der Waals surface area contributed by atoms with E-state index in [4.69, 9.17) is 19.2 Å². The topological polar surface area (TPSA) is 110 Å². The molecule has 0 aromatic heterocycles. The molecule has 1 N–H and O–H groups in total. The quantitative estimate of drug-likeness (QED) is 0.227. The van der Waals surface area contributed by atoms with Gasteiger partial charge in [-0.15, -0.1) is 0 Å². The number of halogens is 10. The molecule has 6 atom stereocenters. The Balaban J connectivity index is 0.000000171. The first-order valence-corrected chi connectivity index (χ1v) is 25.6. The summed E-state index contributed by atoms with van der Waals surface area (Å²) >= 11 is 13.1. The average molecular weight is 1200 g/mol. The fourth-order valence-corrected chi connectivity index (χ4v) is 9.89. The van der Waals surface area contributed by atoms with Crippen LogP contribution in [0, 0.1) is 17.8 Å². The van der Waals surface area contributed by atoms with E-state index in [-0.39, 0.29) is 18.3 Å². The highest BCUT2D eigenvalue weighted by atomic mass is 79.9. The number of ether oxygens (including phenoxy) is 1. The van der Waals surface area contributed by atoms with Gasteiger partial charge < -0.3 is 29.5 Å². The zero-order valence-electron chi connectivity index (χ0n) is 37.2. The number of nitrogens with one attached hydrogen (secondary N) is 1. The van der Waals surface area contributed by atoms with Gasteiger partial charge in [0.15, 0.2) is 0 Å². The first kappa shape index (κ1) is 54.5. The highest BCUT2D eigenvalue weighted by Gasteiger charge is 2.37. The second-order valence-electron chi connectivity index (χ2n) is 18.0. The summed E-state index contributed by atoms with van der Waals surface area (Å²) in [6.45, 7) is 11.6. The lowest BCUT2D eigenvalue weighted by Gasteiger charge is -2.35. The van der Waals surface area contributed by atoms with Crippen molar-refractivity contribution in [1.82, 2.24) is 15.1 Å². The molecule has 6 aliphatic rings. The lowest BCUT2D eigenvalue weighted by Crippen LogP contribution is -2.45. The van der Waals surface area contributed by atoms with Crippen LogP contribution in [0.4, 0.5) is 31.1 Å². The average Bonchev–Trinajstić information content (AvgIpc) is 4.05. The van der Waals surface area contributed by atoms with Gasteiger partial charge in [-0.05, 0) is 143 Å². The second-order valence-corrected chi connectivity index (χ2v) is 21.4. The van der Waals surface area contributed by atoms with Crippen LogP contribution in [0.2, 0.25) is 0 Å². The maximum Gasteiger partial charge on any atom is 0.416 e. The summed E-state index contributed by atoms with van der Waals surface area (Å²) in [5.41, 5.74) is -0.297. The molecule has 6 aliphatic heterocycles. The Bertz CT molecular complexity index is 1970. The molecule has 0 bridgehead atoms. The number of amides is 1. The Labute approximate surface area is 416 Å². The van der Waals surface area contributed by atoms with Crippen LogP contribution in [0.15, 0.2) is 64.0 Å². The number of hydrogen-bond donors (Lipinski definition) is 1. The molecular weight excluding hydrogens is 1140 g/mol. The van der Waals surface area contributed by atoms with Gasteiger partial charge in [0.2, 0.25) is 0 Å². The lowest BCUT2D eigenvalue weighted by atomic mass is 9.91. The summed E-state index contributed by atoms with van der Waals surface area (Å²) in [7, 11) is 0. The van der Waals surface area contributed by atoms with Crippen LogP contribution in [0.1, 0.15) is 101 Å². The number of carbonyl (C=O) groups excluding carboxylic acids is 1. The predicted molar refractivity (Wildman–Crippen MR) is 257 cm³/mol. The fourth-order valence-electron chi connectivity index (χ4n) is 8.33. The van der Waals surface area contributed by atoms with Gasteiger partial charge in [-0.25, -0.2) is 4.79 Å². The van der Waals surface area contributed by atoms with Crippen molar-refractivity contribution in [1.29, 1.82) is 0 Å². The van der Waals surface area contributed by atoms with Gasteiger partial charge >= 0.3 is 18.4 Å². The van der Waals surface area contributed by atoms with E-state index < -0.39 is 29.1 Å². The third kappa shape index (κ3) is 18.1. The molecule has 8 rings (SSSR count). The molecule has 2 aromatic carbocycles. The van der Waals surface area contributed by atoms with Gasteiger partial charge in [-0.2, -0.15) is 26.3 Å². The van der Waals surface area contributed by atoms with Crippen molar-refractivity contribution in [2.24, 2.45) is 33.2 Å². The van der Waals surface area contributed by atoms with E-state index in [0.717, 1.165) is 110 Å². The summed E-state index contributed by atoms with van der Waals surface area (Å²) in [5, 5.41) is 15.6. The monoisotopic (exact) mass is 1190 g/mol. The molecule has 0 saturated carbocycles. The van der Waals surface area contributed by atoms with Crippen molar-refractivity contribution in [2.45, 2.75) is 127 Å². The maximum atomic E-state index is 12.8. The van der Waals surface area contributed by atoms with Crippen LogP contribution in [0.5, 0.6) is 0 Å². The number of oxime groups is 3. The summed E-state index contributed by atoms with van der Waals surface area (Å²) in [6, 6.07) is 10.8. The van der Waals surface area contributed by atoms with E-state index in [0.29, 0.717) is 53.4 Å². The lowest BCUT2D eigenvalue weighted by molar-refractivity contribution is -0.138. The predicted octanol–water partition coefficient (Wildman–Crippen LogP) is 12.6. The fraction of sp³-hybridized carbons (Fsp3) is 0.644. The highest BCUT2D eigenvalue weighted by molar-refractivity contribution is 9.18. The van der Waals surface area contributed by atoms with Gasteiger partial charge in [0.1, 0.15) is 37.8 Å². The number of piperidine rings is 3. The molecule has 3 saturated heterocycles. The number of carbonyl (C=O) groups is 1. The van der Waals surface area contributed by atoms with Crippen LogP contribution >= 0.6 is 63.7 Å². The Hall–Kier alpha value is -2.46. The zero-order chi connectivity index (χ0) is 48.1. The Kier molecular flexibility index (Phi) is 21.0. The van der Waals surface area contributed by atoms with E-state index in [9.17, 15) is 31.1 Å². The molecule has 11 nitrogen and oxygen atoms in total. The molecule has 368 valence electrons. The third-order valence-electron chi connectivity index (χ3n) is 11.6. The molecule has 3 fully saturated rings. The first-order chi connectivity index (χ1) is 31.2. The van der Waals surface area contributed by atoms with E-state index in [1.165, 1.54) is 31.0 Å². The molecule has 1 amide bonds. The van der Waals surface area contributed by atoms with Crippen molar-refractivity contribution < 1.29 is 50.4 Å². The summed E-state index contributed by atoms with van der Waals surface area (Å²) in [4.78, 5) is 32.2. The number of alkyl halides is 7. The maximum absolute atomic E-state index is 12.8. The van der Waals surface area contributed by atoms with Gasteiger partial charge in [0.25, 0.3) is 0 Å². The van der Waals surface area contributed by atoms with Crippen molar-refractivity contribution in [2.75, 3.05) is 39.3 Å². The van der Waals surface area contributed by atoms with E-state index in [1.807, 2.05) is 20.8 Å². The molecule has 0 spiro atoms.